The van der Waals surface area contributed by atoms with Crippen LogP contribution in [0.3, 0.4) is 0 Å². The molecule has 0 spiro atoms. The van der Waals surface area contributed by atoms with Gasteiger partial charge in [0.05, 0.1) is 12.2 Å². The van der Waals surface area contributed by atoms with Crippen LogP contribution in [-0.4, -0.2) is 26.8 Å². The minimum absolute atomic E-state index is 0.0522. The molecule has 4 rings (SSSR count). The Hall–Kier alpha value is -3.34. The molecule has 148 valence electrons. The van der Waals surface area contributed by atoms with Gasteiger partial charge < -0.3 is 9.88 Å². The van der Waals surface area contributed by atoms with E-state index >= 15 is 0 Å². The van der Waals surface area contributed by atoms with Crippen LogP contribution in [0.1, 0.15) is 32.9 Å². The molecule has 1 amide bonds. The molecule has 5 nitrogen and oxygen atoms in total. The van der Waals surface area contributed by atoms with Crippen molar-refractivity contribution in [2.24, 2.45) is 0 Å². The number of rotatable bonds is 6. The number of hydrogen-bond acceptors (Lipinski definition) is 2. The number of carbonyl (C=O) groups excluding carboxylic acids is 1. The summed E-state index contributed by atoms with van der Waals surface area (Å²) in [5.41, 5.74) is 6.55. The third kappa shape index (κ3) is 3.94. The maximum absolute atomic E-state index is 12.6. The van der Waals surface area contributed by atoms with Gasteiger partial charge in [-0.05, 0) is 56.2 Å². The monoisotopic (exact) mass is 386 g/mol. The van der Waals surface area contributed by atoms with Gasteiger partial charge in [0.1, 0.15) is 0 Å². The summed E-state index contributed by atoms with van der Waals surface area (Å²) in [5.74, 6) is -0.0522. The lowest BCUT2D eigenvalue weighted by Gasteiger charge is -2.09. The summed E-state index contributed by atoms with van der Waals surface area (Å²) >= 11 is 0. The van der Waals surface area contributed by atoms with Crippen LogP contribution in [0.15, 0.2) is 60.8 Å². The molecule has 0 radical (unpaired) electrons. The standard InChI is InChI=1S/C24H26N4O/c1-17-11-13-27(26-17)14-12-25-24(29)21-9-10-23-22(15-21)18(2)19(3)28(23)16-20-7-5-4-6-8-20/h4-11,13,15H,12,14,16H2,1-3H3,(H,25,29). The molecule has 0 atom stereocenters. The zero-order valence-electron chi connectivity index (χ0n) is 17.1. The summed E-state index contributed by atoms with van der Waals surface area (Å²) in [4.78, 5) is 12.6. The predicted molar refractivity (Wildman–Crippen MR) is 116 cm³/mol. The summed E-state index contributed by atoms with van der Waals surface area (Å²) in [6.45, 7) is 8.26. The Morgan fingerprint density at radius 1 is 1.03 bits per heavy atom. The lowest BCUT2D eigenvalue weighted by atomic mass is 10.1. The topological polar surface area (TPSA) is 51.9 Å². The molecule has 0 aliphatic rings. The normalized spacial score (nSPS) is 11.1. The molecule has 2 aromatic heterocycles. The number of carbonyl (C=O) groups is 1. The molecule has 0 bridgehead atoms. The zero-order valence-corrected chi connectivity index (χ0v) is 17.1. The first-order chi connectivity index (χ1) is 14.0. The average Bonchev–Trinajstić information content (AvgIpc) is 3.25. The molecule has 4 aromatic rings. The van der Waals surface area contributed by atoms with Crippen LogP contribution in [-0.2, 0) is 13.1 Å². The maximum atomic E-state index is 12.6. The average molecular weight is 386 g/mol. The number of aryl methyl sites for hydroxylation is 2. The van der Waals surface area contributed by atoms with Crippen molar-refractivity contribution in [2.75, 3.05) is 6.54 Å². The highest BCUT2D eigenvalue weighted by atomic mass is 16.1. The molecule has 0 aliphatic heterocycles. The third-order valence-electron chi connectivity index (χ3n) is 5.49. The van der Waals surface area contributed by atoms with Gasteiger partial charge in [-0.2, -0.15) is 5.10 Å². The van der Waals surface area contributed by atoms with E-state index in [0.29, 0.717) is 18.7 Å². The van der Waals surface area contributed by atoms with Gasteiger partial charge >= 0.3 is 0 Å². The van der Waals surface area contributed by atoms with Gasteiger partial charge in [-0.15, -0.1) is 0 Å². The van der Waals surface area contributed by atoms with E-state index in [-0.39, 0.29) is 5.91 Å². The molecule has 29 heavy (non-hydrogen) atoms. The maximum Gasteiger partial charge on any atom is 0.251 e. The van der Waals surface area contributed by atoms with E-state index in [0.717, 1.165) is 23.1 Å². The largest absolute Gasteiger partial charge is 0.350 e. The van der Waals surface area contributed by atoms with Crippen molar-refractivity contribution in [1.29, 1.82) is 0 Å². The quantitative estimate of drug-likeness (QED) is 0.539. The molecule has 1 N–H and O–H groups in total. The molecule has 0 saturated heterocycles. The number of nitrogens with one attached hydrogen (secondary N) is 1. The molecule has 2 heterocycles. The fraction of sp³-hybridized carbons (Fsp3) is 0.250. The summed E-state index contributed by atoms with van der Waals surface area (Å²) in [6, 6.07) is 18.4. The van der Waals surface area contributed by atoms with Crippen molar-refractivity contribution in [3.63, 3.8) is 0 Å². The zero-order chi connectivity index (χ0) is 20.4. The van der Waals surface area contributed by atoms with Gasteiger partial charge in [0.2, 0.25) is 0 Å². The first kappa shape index (κ1) is 19.0. The second-order valence-electron chi connectivity index (χ2n) is 7.49. The Kier molecular flexibility index (Phi) is 5.21. The van der Waals surface area contributed by atoms with E-state index in [4.69, 9.17) is 0 Å². The first-order valence-electron chi connectivity index (χ1n) is 9.94. The summed E-state index contributed by atoms with van der Waals surface area (Å²) in [6.07, 6.45) is 1.93. The van der Waals surface area contributed by atoms with Crippen molar-refractivity contribution in [3.05, 3.63) is 88.9 Å². The molecule has 0 fully saturated rings. The number of amides is 1. The van der Waals surface area contributed by atoms with E-state index in [1.54, 1.807) is 0 Å². The molecule has 0 unspecified atom stereocenters. The second kappa shape index (κ2) is 7.95. The van der Waals surface area contributed by atoms with Crippen LogP contribution in [0.25, 0.3) is 10.9 Å². The van der Waals surface area contributed by atoms with Gasteiger partial charge in [-0.25, -0.2) is 0 Å². The Labute approximate surface area is 171 Å². The van der Waals surface area contributed by atoms with Crippen LogP contribution in [0, 0.1) is 20.8 Å². The van der Waals surface area contributed by atoms with Crippen molar-refractivity contribution < 1.29 is 4.79 Å². The van der Waals surface area contributed by atoms with E-state index in [2.05, 4.69) is 59.2 Å². The van der Waals surface area contributed by atoms with E-state index in [1.807, 2.05) is 42.1 Å². The lowest BCUT2D eigenvalue weighted by molar-refractivity contribution is 0.0952. The van der Waals surface area contributed by atoms with Crippen LogP contribution >= 0.6 is 0 Å². The van der Waals surface area contributed by atoms with Crippen molar-refractivity contribution in [2.45, 2.75) is 33.9 Å². The van der Waals surface area contributed by atoms with E-state index in [9.17, 15) is 4.79 Å². The fourth-order valence-electron chi connectivity index (χ4n) is 3.73. The van der Waals surface area contributed by atoms with Crippen molar-refractivity contribution >= 4 is 16.8 Å². The number of benzene rings is 2. The lowest BCUT2D eigenvalue weighted by Crippen LogP contribution is -2.27. The number of fused-ring (bicyclic) bond motifs is 1. The smallest absolute Gasteiger partial charge is 0.251 e. The number of hydrogen-bond donors (Lipinski definition) is 1. The molecule has 0 saturated carbocycles. The van der Waals surface area contributed by atoms with Gasteiger partial charge in [-0.1, -0.05) is 30.3 Å². The van der Waals surface area contributed by atoms with Gasteiger partial charge in [0.25, 0.3) is 5.91 Å². The molecule has 2 aromatic carbocycles. The van der Waals surface area contributed by atoms with Crippen molar-refractivity contribution in [3.8, 4) is 0 Å². The third-order valence-corrected chi connectivity index (χ3v) is 5.49. The SMILES string of the molecule is Cc1ccn(CCNC(=O)c2ccc3c(c2)c(C)c(C)n3Cc2ccccc2)n1. The highest BCUT2D eigenvalue weighted by Gasteiger charge is 2.14. The predicted octanol–water partition coefficient (Wildman–Crippen LogP) is 4.24. The van der Waals surface area contributed by atoms with Crippen LogP contribution in [0.4, 0.5) is 0 Å². The molecule has 0 aliphatic carbocycles. The minimum Gasteiger partial charge on any atom is -0.350 e. The highest BCUT2D eigenvalue weighted by molar-refractivity contribution is 5.99. The number of aromatic nitrogens is 3. The first-order valence-corrected chi connectivity index (χ1v) is 9.94. The summed E-state index contributed by atoms with van der Waals surface area (Å²) < 4.78 is 4.16. The highest BCUT2D eigenvalue weighted by Crippen LogP contribution is 2.27. The van der Waals surface area contributed by atoms with Crippen molar-refractivity contribution in [1.82, 2.24) is 19.7 Å². The van der Waals surface area contributed by atoms with E-state index < -0.39 is 0 Å². The van der Waals surface area contributed by atoms with E-state index in [1.165, 1.54) is 16.8 Å². The summed E-state index contributed by atoms with van der Waals surface area (Å²) in [7, 11) is 0. The molecular formula is C24H26N4O. The van der Waals surface area contributed by atoms with Gasteiger partial charge in [0.15, 0.2) is 0 Å². The van der Waals surface area contributed by atoms with Gasteiger partial charge in [0, 0.05) is 41.4 Å². The fourth-order valence-corrected chi connectivity index (χ4v) is 3.73. The minimum atomic E-state index is -0.0522. The Morgan fingerprint density at radius 3 is 2.55 bits per heavy atom. The Balaban J connectivity index is 1.53. The Morgan fingerprint density at radius 2 is 1.83 bits per heavy atom. The number of nitrogens with zero attached hydrogens (tertiary/aromatic N) is 3. The van der Waals surface area contributed by atoms with Crippen LogP contribution in [0.2, 0.25) is 0 Å². The Bertz CT molecular complexity index is 1150. The molecular weight excluding hydrogens is 360 g/mol. The van der Waals surface area contributed by atoms with Crippen LogP contribution < -0.4 is 5.32 Å². The van der Waals surface area contributed by atoms with Crippen LogP contribution in [0.5, 0.6) is 0 Å². The summed E-state index contributed by atoms with van der Waals surface area (Å²) in [5, 5.41) is 8.47. The second-order valence-corrected chi connectivity index (χ2v) is 7.49. The molecule has 5 heteroatoms. The van der Waals surface area contributed by atoms with Gasteiger partial charge in [-0.3, -0.25) is 9.48 Å².